The Hall–Kier alpha value is -1.64. The van der Waals surface area contributed by atoms with E-state index in [-0.39, 0.29) is 5.78 Å². The van der Waals surface area contributed by atoms with Crippen LogP contribution in [0, 0.1) is 6.92 Å². The van der Waals surface area contributed by atoms with Crippen LogP contribution in [0.1, 0.15) is 23.0 Å². The first-order chi connectivity index (χ1) is 6.18. The van der Waals surface area contributed by atoms with Gasteiger partial charge >= 0.3 is 0 Å². The zero-order chi connectivity index (χ0) is 9.42. The minimum atomic E-state index is 0.00287. The van der Waals surface area contributed by atoms with E-state index in [0.29, 0.717) is 5.69 Å². The van der Waals surface area contributed by atoms with Gasteiger partial charge in [0.15, 0.2) is 5.78 Å². The summed E-state index contributed by atoms with van der Waals surface area (Å²) >= 11 is 0. The van der Waals surface area contributed by atoms with E-state index in [1.165, 1.54) is 6.92 Å². The second-order valence-corrected chi connectivity index (χ2v) is 3.11. The highest BCUT2D eigenvalue weighted by Crippen LogP contribution is 2.11. The van der Waals surface area contributed by atoms with E-state index < -0.39 is 0 Å². The van der Waals surface area contributed by atoms with Crippen molar-refractivity contribution in [3.8, 4) is 0 Å². The molecule has 0 saturated heterocycles. The van der Waals surface area contributed by atoms with Gasteiger partial charge in [0.2, 0.25) is 0 Å². The largest absolute Gasteiger partial charge is 0.293 e. The van der Waals surface area contributed by atoms with Crippen molar-refractivity contribution in [3.63, 3.8) is 0 Å². The third-order valence-corrected chi connectivity index (χ3v) is 2.07. The van der Waals surface area contributed by atoms with Crippen molar-refractivity contribution in [2.24, 2.45) is 0 Å². The van der Waals surface area contributed by atoms with Gasteiger partial charge in [-0.2, -0.15) is 5.10 Å². The van der Waals surface area contributed by atoms with Crippen molar-refractivity contribution in [1.82, 2.24) is 9.61 Å². The molecule has 0 aromatic carbocycles. The number of Topliss-reactive ketones (excluding diaryl/α,β-unsaturated/α-hetero) is 1. The number of hydrogen-bond acceptors (Lipinski definition) is 2. The van der Waals surface area contributed by atoms with E-state index in [9.17, 15) is 4.79 Å². The highest BCUT2D eigenvalue weighted by atomic mass is 16.1. The standard InChI is InChI=1S/C10H10N2O/c1-7-4-3-5-12-10(7)6-9(11-12)8(2)13/h3-6H,1-2H3. The van der Waals surface area contributed by atoms with Gasteiger partial charge in [0.25, 0.3) is 0 Å². The molecule has 0 radical (unpaired) electrons. The maximum absolute atomic E-state index is 11.1. The predicted molar refractivity (Wildman–Crippen MR) is 49.9 cm³/mol. The molecule has 66 valence electrons. The van der Waals surface area contributed by atoms with Crippen molar-refractivity contribution in [2.45, 2.75) is 13.8 Å². The molecule has 0 aliphatic carbocycles. The average molecular weight is 174 g/mol. The molecular formula is C10H10N2O. The van der Waals surface area contributed by atoms with Crippen LogP contribution in [0.5, 0.6) is 0 Å². The molecule has 0 spiro atoms. The van der Waals surface area contributed by atoms with E-state index in [2.05, 4.69) is 5.10 Å². The van der Waals surface area contributed by atoms with Gasteiger partial charge in [-0.3, -0.25) is 4.79 Å². The second kappa shape index (κ2) is 2.69. The fourth-order valence-electron chi connectivity index (χ4n) is 1.33. The summed E-state index contributed by atoms with van der Waals surface area (Å²) in [6.07, 6.45) is 1.84. The van der Waals surface area contributed by atoms with E-state index in [4.69, 9.17) is 0 Å². The van der Waals surface area contributed by atoms with Crippen molar-refractivity contribution in [1.29, 1.82) is 0 Å². The van der Waals surface area contributed by atoms with Gasteiger partial charge in [0.05, 0.1) is 5.52 Å². The first-order valence-electron chi connectivity index (χ1n) is 4.14. The fourth-order valence-corrected chi connectivity index (χ4v) is 1.33. The Kier molecular flexibility index (Phi) is 1.65. The van der Waals surface area contributed by atoms with Crippen molar-refractivity contribution in [3.05, 3.63) is 35.7 Å². The summed E-state index contributed by atoms with van der Waals surface area (Å²) in [7, 11) is 0. The van der Waals surface area contributed by atoms with Gasteiger partial charge in [0.1, 0.15) is 5.69 Å². The number of pyridine rings is 1. The Bertz CT molecular complexity index is 471. The molecule has 0 amide bonds. The van der Waals surface area contributed by atoms with E-state index >= 15 is 0 Å². The minimum absolute atomic E-state index is 0.00287. The molecule has 2 aromatic rings. The van der Waals surface area contributed by atoms with Gasteiger partial charge in [0, 0.05) is 13.1 Å². The fraction of sp³-hybridized carbons (Fsp3) is 0.200. The Morgan fingerprint density at radius 3 is 2.92 bits per heavy atom. The Balaban J connectivity index is 2.75. The predicted octanol–water partition coefficient (Wildman–Crippen LogP) is 1.85. The number of aryl methyl sites for hydroxylation is 1. The van der Waals surface area contributed by atoms with Crippen LogP contribution in [0.15, 0.2) is 24.4 Å². The number of ketones is 1. The molecular weight excluding hydrogens is 164 g/mol. The minimum Gasteiger partial charge on any atom is -0.293 e. The lowest BCUT2D eigenvalue weighted by atomic mass is 10.2. The molecule has 0 aliphatic heterocycles. The van der Waals surface area contributed by atoms with E-state index in [1.807, 2.05) is 31.3 Å². The molecule has 0 unspecified atom stereocenters. The van der Waals surface area contributed by atoms with Crippen LogP contribution >= 0.6 is 0 Å². The molecule has 0 fully saturated rings. The highest BCUT2D eigenvalue weighted by molar-refractivity contribution is 5.93. The Labute approximate surface area is 76.0 Å². The molecule has 3 heteroatoms. The Morgan fingerprint density at radius 1 is 1.54 bits per heavy atom. The molecule has 3 nitrogen and oxygen atoms in total. The molecule has 2 aromatic heterocycles. The molecule has 0 N–H and O–H groups in total. The molecule has 13 heavy (non-hydrogen) atoms. The normalized spacial score (nSPS) is 10.6. The van der Waals surface area contributed by atoms with Crippen LogP contribution in [-0.2, 0) is 0 Å². The smallest absolute Gasteiger partial charge is 0.180 e. The number of carbonyl (C=O) groups excluding carboxylic acids is 1. The van der Waals surface area contributed by atoms with Gasteiger partial charge in [-0.05, 0) is 24.6 Å². The van der Waals surface area contributed by atoms with Gasteiger partial charge < -0.3 is 0 Å². The van der Waals surface area contributed by atoms with Crippen LogP contribution in [-0.4, -0.2) is 15.4 Å². The summed E-state index contributed by atoms with van der Waals surface area (Å²) in [4.78, 5) is 11.1. The van der Waals surface area contributed by atoms with E-state index in [1.54, 1.807) is 4.52 Å². The third-order valence-electron chi connectivity index (χ3n) is 2.07. The second-order valence-electron chi connectivity index (χ2n) is 3.11. The number of hydrogen-bond donors (Lipinski definition) is 0. The van der Waals surface area contributed by atoms with Crippen LogP contribution in [0.25, 0.3) is 5.52 Å². The highest BCUT2D eigenvalue weighted by Gasteiger charge is 2.06. The Morgan fingerprint density at radius 2 is 2.31 bits per heavy atom. The van der Waals surface area contributed by atoms with Gasteiger partial charge in [-0.25, -0.2) is 4.52 Å². The van der Waals surface area contributed by atoms with Crippen molar-refractivity contribution in [2.75, 3.05) is 0 Å². The molecule has 2 rings (SSSR count). The summed E-state index contributed by atoms with van der Waals surface area (Å²) in [5.74, 6) is 0.00287. The van der Waals surface area contributed by atoms with E-state index in [0.717, 1.165) is 11.1 Å². The molecule has 0 atom stereocenters. The van der Waals surface area contributed by atoms with Gasteiger partial charge in [-0.1, -0.05) is 6.07 Å². The average Bonchev–Trinajstić information content (AvgIpc) is 2.49. The monoisotopic (exact) mass is 174 g/mol. The summed E-state index contributed by atoms with van der Waals surface area (Å²) in [6.45, 7) is 3.53. The van der Waals surface area contributed by atoms with Crippen LogP contribution < -0.4 is 0 Å². The number of aromatic nitrogens is 2. The number of carbonyl (C=O) groups is 1. The molecule has 2 heterocycles. The maximum Gasteiger partial charge on any atom is 0.180 e. The lowest BCUT2D eigenvalue weighted by molar-refractivity contribution is 0.101. The number of fused-ring (bicyclic) bond motifs is 1. The van der Waals surface area contributed by atoms with Crippen molar-refractivity contribution < 1.29 is 4.79 Å². The summed E-state index contributed by atoms with van der Waals surface area (Å²) in [5.41, 5.74) is 2.64. The topological polar surface area (TPSA) is 34.4 Å². The molecule has 0 aliphatic rings. The number of nitrogens with zero attached hydrogens (tertiary/aromatic N) is 2. The lowest BCUT2D eigenvalue weighted by Crippen LogP contribution is -1.93. The summed E-state index contributed by atoms with van der Waals surface area (Å²) in [6, 6.07) is 5.73. The number of rotatable bonds is 1. The maximum atomic E-state index is 11.1. The summed E-state index contributed by atoms with van der Waals surface area (Å²) < 4.78 is 1.73. The molecule has 0 saturated carbocycles. The molecule has 0 bridgehead atoms. The SMILES string of the molecule is CC(=O)c1cc2c(C)cccn2n1. The zero-order valence-electron chi connectivity index (χ0n) is 7.61. The summed E-state index contributed by atoms with van der Waals surface area (Å²) in [5, 5.41) is 4.14. The first-order valence-corrected chi connectivity index (χ1v) is 4.14. The van der Waals surface area contributed by atoms with Crippen LogP contribution in [0.2, 0.25) is 0 Å². The quantitative estimate of drug-likeness (QED) is 0.618. The van der Waals surface area contributed by atoms with Crippen LogP contribution in [0.4, 0.5) is 0 Å². The first kappa shape index (κ1) is 7.98. The zero-order valence-corrected chi connectivity index (χ0v) is 7.61. The lowest BCUT2D eigenvalue weighted by Gasteiger charge is -1.94. The third kappa shape index (κ3) is 1.22. The van der Waals surface area contributed by atoms with Gasteiger partial charge in [-0.15, -0.1) is 0 Å². The van der Waals surface area contributed by atoms with Crippen LogP contribution in [0.3, 0.4) is 0 Å². The van der Waals surface area contributed by atoms with Crippen molar-refractivity contribution >= 4 is 11.3 Å².